The first-order valence-electron chi connectivity index (χ1n) is 8.52. The van der Waals surface area contributed by atoms with Gasteiger partial charge in [-0.25, -0.2) is 9.97 Å². The van der Waals surface area contributed by atoms with Crippen LogP contribution in [-0.4, -0.2) is 15.9 Å². The topological polar surface area (TPSA) is 54.9 Å². The summed E-state index contributed by atoms with van der Waals surface area (Å²) in [6.45, 7) is 6.01. The first-order chi connectivity index (χ1) is 12.9. The van der Waals surface area contributed by atoms with E-state index in [1.54, 1.807) is 6.20 Å². The second-order valence-corrected chi connectivity index (χ2v) is 8.14. The number of halogens is 1. The number of nitrogens with one attached hydrogen (secondary N) is 1. The molecule has 6 heteroatoms. The molecule has 0 fully saturated rings. The Morgan fingerprint density at radius 1 is 1.07 bits per heavy atom. The van der Waals surface area contributed by atoms with Crippen molar-refractivity contribution in [1.29, 1.82) is 0 Å². The van der Waals surface area contributed by atoms with Crippen LogP contribution in [0.1, 0.15) is 32.7 Å². The molecule has 1 N–H and O–H groups in total. The number of rotatable bonds is 5. The third kappa shape index (κ3) is 4.96. The van der Waals surface area contributed by atoms with Crippen molar-refractivity contribution in [2.75, 3.05) is 5.32 Å². The zero-order valence-electron chi connectivity index (χ0n) is 15.4. The van der Waals surface area contributed by atoms with Crippen LogP contribution in [0.5, 0.6) is 0 Å². The van der Waals surface area contributed by atoms with Crippen molar-refractivity contribution >= 4 is 39.3 Å². The van der Waals surface area contributed by atoms with Crippen LogP contribution in [0.4, 0.5) is 5.69 Å². The molecule has 0 aliphatic rings. The third-order valence-corrected chi connectivity index (χ3v) is 5.66. The van der Waals surface area contributed by atoms with E-state index in [0.717, 1.165) is 22.6 Å². The summed E-state index contributed by atoms with van der Waals surface area (Å²) in [6, 6.07) is 14.3. The largest absolute Gasteiger partial charge is 0.320 e. The van der Waals surface area contributed by atoms with Crippen LogP contribution in [0.3, 0.4) is 0 Å². The molecular formula is C21H20BrN3OS. The van der Waals surface area contributed by atoms with Gasteiger partial charge in [-0.15, -0.1) is 0 Å². The Balaban J connectivity index is 1.76. The summed E-state index contributed by atoms with van der Waals surface area (Å²) in [4.78, 5) is 21.5. The van der Waals surface area contributed by atoms with E-state index in [0.29, 0.717) is 15.3 Å². The first kappa shape index (κ1) is 19.6. The smallest absolute Gasteiger partial charge is 0.275 e. The van der Waals surface area contributed by atoms with Crippen LogP contribution in [0.25, 0.3) is 0 Å². The SMILES string of the molecule is Cc1ccc(CSc2ncc(Br)c(C(=O)Nc3c(C)cccc3C)n2)cc1. The van der Waals surface area contributed by atoms with Crippen LogP contribution in [-0.2, 0) is 5.75 Å². The summed E-state index contributed by atoms with van der Waals surface area (Å²) < 4.78 is 0.575. The molecule has 1 amide bonds. The maximum Gasteiger partial charge on any atom is 0.275 e. The van der Waals surface area contributed by atoms with Gasteiger partial charge < -0.3 is 5.32 Å². The van der Waals surface area contributed by atoms with Crippen molar-refractivity contribution in [2.45, 2.75) is 31.7 Å². The molecule has 4 nitrogen and oxygen atoms in total. The number of hydrogen-bond acceptors (Lipinski definition) is 4. The van der Waals surface area contributed by atoms with E-state index in [-0.39, 0.29) is 5.91 Å². The Morgan fingerprint density at radius 2 is 1.74 bits per heavy atom. The molecule has 3 rings (SSSR count). The Kier molecular flexibility index (Phi) is 6.29. The quantitative estimate of drug-likeness (QED) is 0.406. The van der Waals surface area contributed by atoms with Gasteiger partial charge in [-0.05, 0) is 53.4 Å². The van der Waals surface area contributed by atoms with Crippen molar-refractivity contribution in [2.24, 2.45) is 0 Å². The third-order valence-electron chi connectivity index (χ3n) is 4.15. The molecule has 0 aliphatic carbocycles. The number of amides is 1. The minimum absolute atomic E-state index is 0.251. The number of anilines is 1. The zero-order valence-corrected chi connectivity index (χ0v) is 17.8. The molecule has 0 saturated heterocycles. The number of para-hydroxylation sites is 1. The highest BCUT2D eigenvalue weighted by Crippen LogP contribution is 2.25. The lowest BCUT2D eigenvalue weighted by Crippen LogP contribution is -2.16. The number of nitrogens with zero attached hydrogens (tertiary/aromatic N) is 2. The fourth-order valence-corrected chi connectivity index (χ4v) is 3.74. The molecule has 0 unspecified atom stereocenters. The van der Waals surface area contributed by atoms with E-state index < -0.39 is 0 Å². The molecule has 0 bridgehead atoms. The summed E-state index contributed by atoms with van der Waals surface area (Å²) in [6.07, 6.45) is 1.63. The molecular weight excluding hydrogens is 422 g/mol. The van der Waals surface area contributed by atoms with E-state index in [2.05, 4.69) is 62.4 Å². The maximum absolute atomic E-state index is 12.8. The lowest BCUT2D eigenvalue weighted by Gasteiger charge is -2.12. The van der Waals surface area contributed by atoms with Crippen molar-refractivity contribution in [1.82, 2.24) is 9.97 Å². The standard InChI is InChI=1S/C21H20BrN3OS/c1-13-7-9-16(10-8-13)12-27-21-23-11-17(22)19(25-21)20(26)24-18-14(2)5-4-6-15(18)3/h4-11H,12H2,1-3H3,(H,24,26). The van der Waals surface area contributed by atoms with Crippen LogP contribution < -0.4 is 5.32 Å². The summed E-state index contributed by atoms with van der Waals surface area (Å²) in [5, 5.41) is 3.55. The molecule has 0 radical (unpaired) electrons. The molecule has 0 saturated carbocycles. The highest BCUT2D eigenvalue weighted by Gasteiger charge is 2.16. The highest BCUT2D eigenvalue weighted by molar-refractivity contribution is 9.10. The Bertz CT molecular complexity index is 953. The lowest BCUT2D eigenvalue weighted by atomic mass is 10.1. The number of hydrogen-bond donors (Lipinski definition) is 1. The van der Waals surface area contributed by atoms with Crippen molar-refractivity contribution in [3.63, 3.8) is 0 Å². The van der Waals surface area contributed by atoms with E-state index in [1.807, 2.05) is 32.0 Å². The average molecular weight is 442 g/mol. The van der Waals surface area contributed by atoms with E-state index in [1.165, 1.54) is 22.9 Å². The monoisotopic (exact) mass is 441 g/mol. The van der Waals surface area contributed by atoms with Gasteiger partial charge in [0.2, 0.25) is 0 Å². The molecule has 138 valence electrons. The second-order valence-electron chi connectivity index (χ2n) is 6.34. The van der Waals surface area contributed by atoms with Gasteiger partial charge in [0.15, 0.2) is 5.16 Å². The number of aromatic nitrogens is 2. The van der Waals surface area contributed by atoms with Crippen molar-refractivity contribution in [3.8, 4) is 0 Å². The van der Waals surface area contributed by atoms with Crippen molar-refractivity contribution in [3.05, 3.63) is 81.1 Å². The van der Waals surface area contributed by atoms with Gasteiger partial charge >= 0.3 is 0 Å². The second kappa shape index (κ2) is 8.67. The fourth-order valence-electron chi connectivity index (χ4n) is 2.60. The van der Waals surface area contributed by atoms with Crippen LogP contribution in [0.15, 0.2) is 58.3 Å². The molecule has 0 aliphatic heterocycles. The van der Waals surface area contributed by atoms with Gasteiger partial charge in [-0.1, -0.05) is 59.8 Å². The highest BCUT2D eigenvalue weighted by atomic mass is 79.9. The molecule has 3 aromatic rings. The molecule has 27 heavy (non-hydrogen) atoms. The van der Waals surface area contributed by atoms with Gasteiger partial charge in [0, 0.05) is 17.6 Å². The van der Waals surface area contributed by atoms with Crippen LogP contribution in [0, 0.1) is 20.8 Å². The number of carbonyl (C=O) groups excluding carboxylic acids is 1. The first-order valence-corrected chi connectivity index (χ1v) is 10.3. The molecule has 0 atom stereocenters. The number of aryl methyl sites for hydroxylation is 3. The predicted octanol–water partition coefficient (Wildman–Crippen LogP) is 5.71. The van der Waals surface area contributed by atoms with E-state index in [4.69, 9.17) is 0 Å². The number of benzene rings is 2. The fraction of sp³-hybridized carbons (Fsp3) is 0.190. The van der Waals surface area contributed by atoms with Gasteiger partial charge in [0.05, 0.1) is 4.47 Å². The molecule has 0 spiro atoms. The number of thioether (sulfide) groups is 1. The van der Waals surface area contributed by atoms with Crippen LogP contribution in [0.2, 0.25) is 0 Å². The minimum Gasteiger partial charge on any atom is -0.320 e. The molecule has 1 heterocycles. The predicted molar refractivity (Wildman–Crippen MR) is 114 cm³/mol. The van der Waals surface area contributed by atoms with Gasteiger partial charge in [0.25, 0.3) is 5.91 Å². The summed E-state index contributed by atoms with van der Waals surface area (Å²) in [5.41, 5.74) is 5.61. The van der Waals surface area contributed by atoms with E-state index >= 15 is 0 Å². The van der Waals surface area contributed by atoms with Crippen molar-refractivity contribution < 1.29 is 4.79 Å². The van der Waals surface area contributed by atoms with Gasteiger partial charge in [0.1, 0.15) is 5.69 Å². The van der Waals surface area contributed by atoms with Crippen LogP contribution >= 0.6 is 27.7 Å². The lowest BCUT2D eigenvalue weighted by molar-refractivity contribution is 0.102. The summed E-state index contributed by atoms with van der Waals surface area (Å²) >= 11 is 4.90. The molecule has 2 aromatic carbocycles. The Labute approximate surface area is 172 Å². The maximum atomic E-state index is 12.8. The zero-order chi connectivity index (χ0) is 19.4. The van der Waals surface area contributed by atoms with Gasteiger partial charge in [-0.3, -0.25) is 4.79 Å². The molecule has 1 aromatic heterocycles. The summed E-state index contributed by atoms with van der Waals surface area (Å²) in [7, 11) is 0. The van der Waals surface area contributed by atoms with E-state index in [9.17, 15) is 4.79 Å². The Hall–Kier alpha value is -2.18. The minimum atomic E-state index is -0.251. The van der Waals surface area contributed by atoms with Gasteiger partial charge in [-0.2, -0.15) is 0 Å². The average Bonchev–Trinajstić information content (AvgIpc) is 2.65. The summed E-state index contributed by atoms with van der Waals surface area (Å²) in [5.74, 6) is 0.499. The number of carbonyl (C=O) groups is 1. The Morgan fingerprint density at radius 3 is 2.41 bits per heavy atom. The normalized spacial score (nSPS) is 10.7.